The Morgan fingerprint density at radius 3 is 2.40 bits per heavy atom. The summed E-state index contributed by atoms with van der Waals surface area (Å²) in [6.07, 6.45) is 5.55. The summed E-state index contributed by atoms with van der Waals surface area (Å²) in [6.45, 7) is 4.56. The van der Waals surface area contributed by atoms with Gasteiger partial charge in [-0.15, -0.1) is 36.2 Å². The van der Waals surface area contributed by atoms with E-state index in [4.69, 9.17) is 11.6 Å². The molecule has 1 aromatic heterocycles. The molecule has 2 nitrogen and oxygen atoms in total. The summed E-state index contributed by atoms with van der Waals surface area (Å²) in [6, 6.07) is 2.63. The Balaban J connectivity index is 0.000001000. The lowest BCUT2D eigenvalue weighted by Gasteiger charge is -2.38. The molecule has 0 spiro atoms. The maximum absolute atomic E-state index is 6.40. The van der Waals surface area contributed by atoms with Gasteiger partial charge >= 0.3 is 0 Å². The van der Waals surface area contributed by atoms with E-state index in [0.717, 1.165) is 37.1 Å². The van der Waals surface area contributed by atoms with Crippen LogP contribution in [0.15, 0.2) is 11.4 Å². The average Bonchev–Trinajstić information content (AvgIpc) is 3.05. The van der Waals surface area contributed by atoms with E-state index in [1.54, 1.807) is 0 Å². The average molecular weight is 358 g/mol. The lowest BCUT2D eigenvalue weighted by molar-refractivity contribution is 0.128. The molecule has 116 valence electrons. The first-order valence-corrected chi connectivity index (χ1v) is 8.29. The highest BCUT2D eigenvalue weighted by Crippen LogP contribution is 2.43. The van der Waals surface area contributed by atoms with E-state index < -0.39 is 0 Å². The van der Waals surface area contributed by atoms with Crippen molar-refractivity contribution in [2.75, 3.05) is 26.2 Å². The summed E-state index contributed by atoms with van der Waals surface area (Å²) < 4.78 is 0. The van der Waals surface area contributed by atoms with Gasteiger partial charge in [-0.3, -0.25) is 4.90 Å². The lowest BCUT2D eigenvalue weighted by atomic mass is 9.94. The monoisotopic (exact) mass is 356 g/mol. The first-order chi connectivity index (χ1) is 8.86. The van der Waals surface area contributed by atoms with Crippen LogP contribution < -0.4 is 5.32 Å². The molecule has 1 aliphatic carbocycles. The van der Waals surface area contributed by atoms with Crippen LogP contribution >= 0.6 is 47.8 Å². The maximum Gasteiger partial charge on any atom is 0.0561 e. The van der Waals surface area contributed by atoms with Crippen LogP contribution in [0.25, 0.3) is 0 Å². The van der Waals surface area contributed by atoms with E-state index in [1.165, 1.54) is 30.6 Å². The molecule has 3 rings (SSSR count). The molecule has 0 aromatic carbocycles. The van der Waals surface area contributed by atoms with Gasteiger partial charge < -0.3 is 5.32 Å². The molecule has 2 heterocycles. The Hall–Kier alpha value is 0.490. The SMILES string of the molecule is Cl.Cl.Clc1ccsc1[C@@H](C1CCCC1)N1CCNCC1. The van der Waals surface area contributed by atoms with Crippen LogP contribution in [0.5, 0.6) is 0 Å². The highest BCUT2D eigenvalue weighted by atomic mass is 35.5. The number of piperazine rings is 1. The van der Waals surface area contributed by atoms with Crippen LogP contribution in [0, 0.1) is 5.92 Å². The van der Waals surface area contributed by atoms with E-state index in [9.17, 15) is 0 Å². The van der Waals surface area contributed by atoms with E-state index in [1.807, 2.05) is 11.3 Å². The summed E-state index contributed by atoms with van der Waals surface area (Å²) in [5, 5.41) is 6.57. The van der Waals surface area contributed by atoms with Crippen molar-refractivity contribution in [3.8, 4) is 0 Å². The summed E-state index contributed by atoms with van der Waals surface area (Å²) in [7, 11) is 0. The topological polar surface area (TPSA) is 15.3 Å². The molecule has 0 bridgehead atoms. The van der Waals surface area contributed by atoms with Gasteiger partial charge in [-0.2, -0.15) is 0 Å². The zero-order valence-electron chi connectivity index (χ0n) is 11.5. The van der Waals surface area contributed by atoms with Crippen molar-refractivity contribution >= 4 is 47.8 Å². The van der Waals surface area contributed by atoms with Crippen LogP contribution in [0.3, 0.4) is 0 Å². The molecule has 2 aliphatic rings. The maximum atomic E-state index is 6.40. The fraction of sp³-hybridized carbons (Fsp3) is 0.714. The highest BCUT2D eigenvalue weighted by Gasteiger charge is 2.33. The summed E-state index contributed by atoms with van der Waals surface area (Å²) >= 11 is 8.24. The Kier molecular flexibility index (Phi) is 8.17. The van der Waals surface area contributed by atoms with E-state index in [2.05, 4.69) is 21.7 Å². The second kappa shape index (κ2) is 8.82. The van der Waals surface area contributed by atoms with Crippen molar-refractivity contribution < 1.29 is 0 Å². The zero-order valence-corrected chi connectivity index (χ0v) is 14.7. The Labute approximate surface area is 143 Å². The second-order valence-electron chi connectivity index (χ2n) is 5.41. The molecule has 1 aromatic rings. The standard InChI is InChI=1S/C14H21ClN2S.2ClH/c15-12-5-10-18-14(12)13(11-3-1-2-4-11)17-8-6-16-7-9-17;;/h5,10-11,13,16H,1-4,6-9H2;2*1H/t13-;;/m1../s1. The Morgan fingerprint density at radius 2 is 1.85 bits per heavy atom. The molecule has 1 N–H and O–H groups in total. The normalized spacial score (nSPS) is 22.1. The first-order valence-electron chi connectivity index (χ1n) is 7.04. The van der Waals surface area contributed by atoms with Crippen molar-refractivity contribution in [3.63, 3.8) is 0 Å². The Morgan fingerprint density at radius 1 is 1.20 bits per heavy atom. The minimum Gasteiger partial charge on any atom is -0.314 e. The number of nitrogens with zero attached hydrogens (tertiary/aromatic N) is 1. The quantitative estimate of drug-likeness (QED) is 0.863. The number of rotatable bonds is 3. The van der Waals surface area contributed by atoms with Crippen molar-refractivity contribution in [2.24, 2.45) is 5.92 Å². The third-order valence-corrected chi connectivity index (χ3v) is 5.73. The first kappa shape index (κ1) is 18.5. The fourth-order valence-corrected chi connectivity index (χ4v) is 4.82. The molecule has 0 radical (unpaired) electrons. The minimum atomic E-state index is 0. The molecular formula is C14H23Cl3N2S. The third kappa shape index (κ3) is 4.02. The van der Waals surface area contributed by atoms with Crippen molar-refractivity contribution in [2.45, 2.75) is 31.7 Å². The van der Waals surface area contributed by atoms with Gasteiger partial charge in [-0.1, -0.05) is 24.4 Å². The van der Waals surface area contributed by atoms with Crippen LogP contribution in [-0.2, 0) is 0 Å². The lowest BCUT2D eigenvalue weighted by Crippen LogP contribution is -2.46. The van der Waals surface area contributed by atoms with E-state index >= 15 is 0 Å². The molecule has 2 fully saturated rings. The minimum absolute atomic E-state index is 0. The molecule has 0 amide bonds. The van der Waals surface area contributed by atoms with Crippen LogP contribution in [0.2, 0.25) is 5.02 Å². The van der Waals surface area contributed by atoms with E-state index in [-0.39, 0.29) is 24.8 Å². The largest absolute Gasteiger partial charge is 0.314 e. The number of nitrogens with one attached hydrogen (secondary N) is 1. The highest BCUT2D eigenvalue weighted by molar-refractivity contribution is 7.10. The molecule has 0 unspecified atom stereocenters. The van der Waals surface area contributed by atoms with Gasteiger partial charge in [0.2, 0.25) is 0 Å². The van der Waals surface area contributed by atoms with Gasteiger partial charge in [-0.05, 0) is 30.2 Å². The summed E-state index contributed by atoms with van der Waals surface area (Å²) in [5.74, 6) is 0.819. The van der Waals surface area contributed by atoms with Crippen LogP contribution in [0.4, 0.5) is 0 Å². The van der Waals surface area contributed by atoms with Gasteiger partial charge in [0, 0.05) is 37.1 Å². The number of hydrogen-bond donors (Lipinski definition) is 1. The molecular weight excluding hydrogens is 335 g/mol. The Bertz CT molecular complexity index is 388. The smallest absolute Gasteiger partial charge is 0.0561 e. The predicted octanol–water partition coefficient (Wildman–Crippen LogP) is 4.38. The predicted molar refractivity (Wildman–Crippen MR) is 93.0 cm³/mol. The van der Waals surface area contributed by atoms with Gasteiger partial charge in [0.15, 0.2) is 0 Å². The number of hydrogen-bond acceptors (Lipinski definition) is 3. The molecule has 1 saturated heterocycles. The van der Waals surface area contributed by atoms with E-state index in [0.29, 0.717) is 6.04 Å². The molecule has 1 aliphatic heterocycles. The molecule has 1 saturated carbocycles. The number of thiophene rings is 1. The van der Waals surface area contributed by atoms with Crippen molar-refractivity contribution in [3.05, 3.63) is 21.3 Å². The number of halogens is 3. The van der Waals surface area contributed by atoms with Crippen molar-refractivity contribution in [1.82, 2.24) is 10.2 Å². The zero-order chi connectivity index (χ0) is 12.4. The second-order valence-corrected chi connectivity index (χ2v) is 6.76. The molecule has 20 heavy (non-hydrogen) atoms. The fourth-order valence-electron chi connectivity index (χ4n) is 3.43. The van der Waals surface area contributed by atoms with Crippen LogP contribution in [0.1, 0.15) is 36.6 Å². The summed E-state index contributed by atoms with van der Waals surface area (Å²) in [4.78, 5) is 4.06. The van der Waals surface area contributed by atoms with Gasteiger partial charge in [-0.25, -0.2) is 0 Å². The van der Waals surface area contributed by atoms with Gasteiger partial charge in [0.25, 0.3) is 0 Å². The third-order valence-electron chi connectivity index (χ3n) is 4.30. The van der Waals surface area contributed by atoms with Crippen LogP contribution in [-0.4, -0.2) is 31.1 Å². The van der Waals surface area contributed by atoms with Gasteiger partial charge in [0.1, 0.15) is 0 Å². The van der Waals surface area contributed by atoms with Crippen molar-refractivity contribution in [1.29, 1.82) is 0 Å². The summed E-state index contributed by atoms with van der Waals surface area (Å²) in [5.41, 5.74) is 0. The molecule has 1 atom stereocenters. The molecule has 6 heteroatoms. The van der Waals surface area contributed by atoms with Gasteiger partial charge in [0.05, 0.1) is 5.02 Å².